The summed E-state index contributed by atoms with van der Waals surface area (Å²) in [5.74, 6) is 0.221. The monoisotopic (exact) mass is 288 g/mol. The summed E-state index contributed by atoms with van der Waals surface area (Å²) < 4.78 is 0. The third-order valence-electron chi connectivity index (χ3n) is 3.56. The number of anilines is 1. The summed E-state index contributed by atoms with van der Waals surface area (Å²) in [6.45, 7) is 0. The van der Waals surface area contributed by atoms with Crippen LogP contribution in [0.2, 0.25) is 0 Å². The molecule has 1 aliphatic rings. The van der Waals surface area contributed by atoms with Crippen LogP contribution < -0.4 is 5.32 Å². The van der Waals surface area contributed by atoms with Crippen LogP contribution in [0.4, 0.5) is 5.13 Å². The molecule has 0 unspecified atom stereocenters. The highest BCUT2D eigenvalue weighted by atomic mass is 32.1. The van der Waals surface area contributed by atoms with Crippen molar-refractivity contribution in [2.75, 3.05) is 5.32 Å². The van der Waals surface area contributed by atoms with Crippen LogP contribution in [-0.4, -0.2) is 21.1 Å². The number of rotatable bonds is 3. The molecule has 0 aliphatic heterocycles. The second kappa shape index (κ2) is 6.09. The van der Waals surface area contributed by atoms with Gasteiger partial charge in [0.25, 0.3) is 0 Å². The van der Waals surface area contributed by atoms with Gasteiger partial charge >= 0.3 is 0 Å². The highest BCUT2D eigenvalue weighted by molar-refractivity contribution is 7.18. The lowest BCUT2D eigenvalue weighted by molar-refractivity contribution is -0.120. The predicted molar refractivity (Wildman–Crippen MR) is 78.3 cm³/mol. The van der Waals surface area contributed by atoms with Crippen LogP contribution in [0, 0.1) is 5.92 Å². The van der Waals surface area contributed by atoms with E-state index in [0.717, 1.165) is 36.3 Å². The van der Waals surface area contributed by atoms with Crippen molar-refractivity contribution in [3.63, 3.8) is 0 Å². The highest BCUT2D eigenvalue weighted by Gasteiger charge is 2.22. The van der Waals surface area contributed by atoms with Gasteiger partial charge in [-0.2, -0.15) is 0 Å². The van der Waals surface area contributed by atoms with Crippen molar-refractivity contribution in [2.45, 2.75) is 32.1 Å². The topological polar surface area (TPSA) is 67.8 Å². The number of hydrogen-bond acceptors (Lipinski definition) is 5. The van der Waals surface area contributed by atoms with Crippen molar-refractivity contribution in [3.8, 4) is 10.6 Å². The van der Waals surface area contributed by atoms with Crippen molar-refractivity contribution >= 4 is 22.4 Å². The van der Waals surface area contributed by atoms with Gasteiger partial charge in [0.1, 0.15) is 5.01 Å². The largest absolute Gasteiger partial charge is 0.300 e. The van der Waals surface area contributed by atoms with Gasteiger partial charge in [-0.1, -0.05) is 30.6 Å². The Bertz CT molecular complexity index is 578. The molecule has 20 heavy (non-hydrogen) atoms. The molecule has 0 atom stereocenters. The molecule has 0 spiro atoms. The third kappa shape index (κ3) is 3.01. The molecule has 0 bridgehead atoms. The van der Waals surface area contributed by atoms with E-state index < -0.39 is 0 Å². The molecule has 0 saturated heterocycles. The van der Waals surface area contributed by atoms with E-state index in [9.17, 15) is 4.79 Å². The Balaban J connectivity index is 1.66. The van der Waals surface area contributed by atoms with Gasteiger partial charge in [0.05, 0.1) is 0 Å². The standard InChI is InChI=1S/C14H16N4OS/c19-12(10-4-2-1-3-5-10)16-14-18-17-13(20-14)11-6-8-15-9-7-11/h6-10H,1-5H2,(H,16,18,19). The first-order valence-electron chi connectivity index (χ1n) is 6.88. The molecule has 2 aromatic rings. The Kier molecular flexibility index (Phi) is 4.01. The third-order valence-corrected chi connectivity index (χ3v) is 4.45. The smallest absolute Gasteiger partial charge is 0.229 e. The number of nitrogens with zero attached hydrogens (tertiary/aromatic N) is 3. The zero-order chi connectivity index (χ0) is 13.8. The minimum atomic E-state index is 0.0853. The van der Waals surface area contributed by atoms with Crippen molar-refractivity contribution in [1.29, 1.82) is 0 Å². The molecule has 1 amide bonds. The van der Waals surface area contributed by atoms with Crippen LogP contribution in [0.1, 0.15) is 32.1 Å². The lowest BCUT2D eigenvalue weighted by Gasteiger charge is -2.19. The molecule has 6 heteroatoms. The first-order chi connectivity index (χ1) is 9.83. The Morgan fingerprint density at radius 3 is 2.65 bits per heavy atom. The predicted octanol–water partition coefficient (Wildman–Crippen LogP) is 3.12. The summed E-state index contributed by atoms with van der Waals surface area (Å²) in [4.78, 5) is 16.1. The van der Waals surface area contributed by atoms with Gasteiger partial charge in [0, 0.05) is 23.9 Å². The van der Waals surface area contributed by atoms with Gasteiger partial charge in [0.15, 0.2) is 0 Å². The van der Waals surface area contributed by atoms with E-state index in [1.165, 1.54) is 17.8 Å². The van der Waals surface area contributed by atoms with Crippen molar-refractivity contribution < 1.29 is 4.79 Å². The summed E-state index contributed by atoms with van der Waals surface area (Å²) in [6, 6.07) is 3.76. The fraction of sp³-hybridized carbons (Fsp3) is 0.429. The molecular weight excluding hydrogens is 272 g/mol. The van der Waals surface area contributed by atoms with Crippen LogP contribution >= 0.6 is 11.3 Å². The lowest BCUT2D eigenvalue weighted by atomic mass is 9.89. The lowest BCUT2D eigenvalue weighted by Crippen LogP contribution is -2.24. The summed E-state index contributed by atoms with van der Waals surface area (Å²) in [6.07, 6.45) is 8.96. The number of hydrogen-bond donors (Lipinski definition) is 1. The molecular formula is C14H16N4OS. The van der Waals surface area contributed by atoms with Gasteiger partial charge in [-0.25, -0.2) is 0 Å². The molecule has 1 N–H and O–H groups in total. The number of pyridine rings is 1. The van der Waals surface area contributed by atoms with Gasteiger partial charge in [-0.15, -0.1) is 10.2 Å². The van der Waals surface area contributed by atoms with E-state index in [1.54, 1.807) is 12.4 Å². The maximum Gasteiger partial charge on any atom is 0.229 e. The molecule has 0 aromatic carbocycles. The second-order valence-corrected chi connectivity index (χ2v) is 5.95. The minimum Gasteiger partial charge on any atom is -0.300 e. The van der Waals surface area contributed by atoms with E-state index >= 15 is 0 Å². The van der Waals surface area contributed by atoms with Crippen LogP contribution in [0.5, 0.6) is 0 Å². The van der Waals surface area contributed by atoms with Crippen LogP contribution in [0.3, 0.4) is 0 Å². The molecule has 3 rings (SSSR count). The van der Waals surface area contributed by atoms with Gasteiger partial charge in [0.2, 0.25) is 11.0 Å². The van der Waals surface area contributed by atoms with Crippen LogP contribution in [0.25, 0.3) is 10.6 Å². The van der Waals surface area contributed by atoms with Gasteiger partial charge < -0.3 is 5.32 Å². The first-order valence-corrected chi connectivity index (χ1v) is 7.69. The van der Waals surface area contributed by atoms with Crippen molar-refractivity contribution in [3.05, 3.63) is 24.5 Å². The Labute approximate surface area is 121 Å². The molecule has 0 radical (unpaired) electrons. The van der Waals surface area contributed by atoms with Crippen LogP contribution in [0.15, 0.2) is 24.5 Å². The van der Waals surface area contributed by atoms with Crippen LogP contribution in [-0.2, 0) is 4.79 Å². The van der Waals surface area contributed by atoms with E-state index in [2.05, 4.69) is 20.5 Å². The Morgan fingerprint density at radius 2 is 1.90 bits per heavy atom. The van der Waals surface area contributed by atoms with E-state index in [0.29, 0.717) is 5.13 Å². The molecule has 1 saturated carbocycles. The average Bonchev–Trinajstić information content (AvgIpc) is 2.97. The Morgan fingerprint density at radius 1 is 1.15 bits per heavy atom. The quantitative estimate of drug-likeness (QED) is 0.942. The molecule has 1 aliphatic carbocycles. The zero-order valence-electron chi connectivity index (χ0n) is 11.1. The number of carbonyl (C=O) groups is 1. The summed E-state index contributed by atoms with van der Waals surface area (Å²) in [5, 5.41) is 12.4. The maximum atomic E-state index is 12.1. The average molecular weight is 288 g/mol. The van der Waals surface area contributed by atoms with Crippen molar-refractivity contribution in [2.24, 2.45) is 5.92 Å². The summed E-state index contributed by atoms with van der Waals surface area (Å²) in [7, 11) is 0. The number of amides is 1. The fourth-order valence-electron chi connectivity index (χ4n) is 2.46. The molecule has 2 aromatic heterocycles. The Hall–Kier alpha value is -1.82. The SMILES string of the molecule is O=C(Nc1nnc(-c2ccncc2)s1)C1CCCCC1. The van der Waals surface area contributed by atoms with Gasteiger partial charge in [-0.3, -0.25) is 9.78 Å². The van der Waals surface area contributed by atoms with E-state index in [1.807, 2.05) is 12.1 Å². The number of nitrogens with one attached hydrogen (secondary N) is 1. The molecule has 1 fully saturated rings. The minimum absolute atomic E-state index is 0.0853. The number of carbonyl (C=O) groups excluding carboxylic acids is 1. The van der Waals surface area contributed by atoms with Crippen molar-refractivity contribution in [1.82, 2.24) is 15.2 Å². The van der Waals surface area contributed by atoms with E-state index in [-0.39, 0.29) is 11.8 Å². The highest BCUT2D eigenvalue weighted by Crippen LogP contribution is 2.28. The summed E-state index contributed by atoms with van der Waals surface area (Å²) in [5.41, 5.74) is 0.968. The molecule has 2 heterocycles. The first kappa shape index (κ1) is 13.2. The second-order valence-electron chi connectivity index (χ2n) is 4.97. The molecule has 104 valence electrons. The molecule has 5 nitrogen and oxygen atoms in total. The number of aromatic nitrogens is 3. The maximum absolute atomic E-state index is 12.1. The van der Waals surface area contributed by atoms with E-state index in [4.69, 9.17) is 0 Å². The van der Waals surface area contributed by atoms with Gasteiger partial charge in [-0.05, 0) is 25.0 Å². The fourth-order valence-corrected chi connectivity index (χ4v) is 3.21. The summed E-state index contributed by atoms with van der Waals surface area (Å²) >= 11 is 1.40. The zero-order valence-corrected chi connectivity index (χ0v) is 11.9. The normalized spacial score (nSPS) is 16.0.